The van der Waals surface area contributed by atoms with Gasteiger partial charge in [-0.3, -0.25) is 4.79 Å². The lowest BCUT2D eigenvalue weighted by atomic mass is 9.90. The number of amides is 1. The van der Waals surface area contributed by atoms with Crippen LogP contribution in [-0.4, -0.2) is 32.2 Å². The van der Waals surface area contributed by atoms with Gasteiger partial charge in [-0.25, -0.2) is 0 Å². The van der Waals surface area contributed by atoms with Crippen LogP contribution in [0.5, 0.6) is 0 Å². The minimum Gasteiger partial charge on any atom is -0.383 e. The largest absolute Gasteiger partial charge is 0.383 e. The van der Waals surface area contributed by atoms with Crippen molar-refractivity contribution in [1.29, 1.82) is 0 Å². The molecule has 0 bridgehead atoms. The summed E-state index contributed by atoms with van der Waals surface area (Å²) in [6, 6.07) is 0.0675. The van der Waals surface area contributed by atoms with Gasteiger partial charge in [-0.05, 0) is 25.8 Å². The zero-order valence-corrected chi connectivity index (χ0v) is 11.6. The molecule has 1 atom stereocenters. The van der Waals surface area contributed by atoms with Crippen LogP contribution < -0.4 is 11.1 Å². The number of nitrogens with one attached hydrogen (secondary N) is 1. The minimum absolute atomic E-state index is 0.0675. The third kappa shape index (κ3) is 5.83. The van der Waals surface area contributed by atoms with E-state index in [9.17, 15) is 4.79 Å². The Labute approximate surface area is 111 Å². The van der Waals surface area contributed by atoms with Crippen LogP contribution in [0, 0.1) is 5.92 Å². The van der Waals surface area contributed by atoms with Crippen molar-refractivity contribution in [3.8, 4) is 0 Å². The first-order valence-electron chi connectivity index (χ1n) is 7.27. The van der Waals surface area contributed by atoms with Gasteiger partial charge < -0.3 is 15.8 Å². The van der Waals surface area contributed by atoms with Gasteiger partial charge in [0.05, 0.1) is 12.6 Å². The number of hydrogen-bond acceptors (Lipinski definition) is 3. The molecule has 0 radical (unpaired) electrons. The molecule has 1 unspecified atom stereocenters. The normalized spacial score (nSPS) is 19.9. The summed E-state index contributed by atoms with van der Waals surface area (Å²) in [6.07, 6.45) is 9.10. The highest BCUT2D eigenvalue weighted by molar-refractivity contribution is 5.78. The molecule has 0 heterocycles. The molecule has 1 amide bonds. The van der Waals surface area contributed by atoms with E-state index in [0.717, 1.165) is 19.3 Å². The summed E-state index contributed by atoms with van der Waals surface area (Å²) in [4.78, 5) is 12.2. The molecule has 1 saturated carbocycles. The molecule has 3 N–H and O–H groups in total. The number of rotatable bonds is 6. The SMILES string of the molecule is COCC(CCN)NC(=O)C1CCCCCCC1. The van der Waals surface area contributed by atoms with Crippen LogP contribution >= 0.6 is 0 Å². The average molecular weight is 256 g/mol. The predicted molar refractivity (Wildman–Crippen MR) is 73.3 cm³/mol. The Morgan fingerprint density at radius 1 is 1.28 bits per heavy atom. The summed E-state index contributed by atoms with van der Waals surface area (Å²) in [5.74, 6) is 0.398. The van der Waals surface area contributed by atoms with E-state index in [4.69, 9.17) is 10.5 Å². The maximum Gasteiger partial charge on any atom is 0.223 e. The highest BCUT2D eigenvalue weighted by Gasteiger charge is 2.21. The lowest BCUT2D eigenvalue weighted by Crippen LogP contribution is -2.42. The molecular formula is C14H28N2O2. The molecule has 0 saturated heterocycles. The second-order valence-electron chi connectivity index (χ2n) is 5.28. The first-order chi connectivity index (χ1) is 8.77. The number of nitrogens with two attached hydrogens (primary N) is 1. The molecule has 18 heavy (non-hydrogen) atoms. The van der Waals surface area contributed by atoms with Gasteiger partial charge in [0.25, 0.3) is 0 Å². The summed E-state index contributed by atoms with van der Waals surface area (Å²) < 4.78 is 5.12. The van der Waals surface area contributed by atoms with Gasteiger partial charge in [-0.2, -0.15) is 0 Å². The van der Waals surface area contributed by atoms with Crippen molar-refractivity contribution in [3.05, 3.63) is 0 Å². The van der Waals surface area contributed by atoms with Crippen LogP contribution in [0.1, 0.15) is 51.4 Å². The van der Waals surface area contributed by atoms with E-state index in [1.54, 1.807) is 7.11 Å². The lowest BCUT2D eigenvalue weighted by Gasteiger charge is -2.23. The second kappa shape index (κ2) is 9.34. The van der Waals surface area contributed by atoms with E-state index in [0.29, 0.717) is 13.2 Å². The second-order valence-corrected chi connectivity index (χ2v) is 5.28. The molecule has 1 aliphatic rings. The van der Waals surface area contributed by atoms with E-state index in [1.165, 1.54) is 32.1 Å². The highest BCUT2D eigenvalue weighted by Crippen LogP contribution is 2.22. The van der Waals surface area contributed by atoms with E-state index in [1.807, 2.05) is 0 Å². The van der Waals surface area contributed by atoms with Crippen LogP contribution in [0.3, 0.4) is 0 Å². The zero-order valence-electron chi connectivity index (χ0n) is 11.6. The molecule has 0 aromatic heterocycles. The molecular weight excluding hydrogens is 228 g/mol. The van der Waals surface area contributed by atoms with Gasteiger partial charge in [0.15, 0.2) is 0 Å². The lowest BCUT2D eigenvalue weighted by molar-refractivity contribution is -0.126. The van der Waals surface area contributed by atoms with Crippen molar-refractivity contribution in [2.45, 2.75) is 57.4 Å². The number of hydrogen-bond donors (Lipinski definition) is 2. The van der Waals surface area contributed by atoms with Crippen molar-refractivity contribution in [1.82, 2.24) is 5.32 Å². The Kier molecular flexibility index (Phi) is 8.01. The fraction of sp³-hybridized carbons (Fsp3) is 0.929. The maximum absolute atomic E-state index is 12.2. The molecule has 1 fully saturated rings. The number of carbonyl (C=O) groups excluding carboxylic acids is 1. The van der Waals surface area contributed by atoms with Crippen LogP contribution in [0.15, 0.2) is 0 Å². The van der Waals surface area contributed by atoms with Gasteiger partial charge in [0.1, 0.15) is 0 Å². The van der Waals surface area contributed by atoms with Crippen LogP contribution in [0.4, 0.5) is 0 Å². The molecule has 0 aromatic rings. The predicted octanol–water partition coefficient (Wildman–Crippen LogP) is 1.83. The monoisotopic (exact) mass is 256 g/mol. The minimum atomic E-state index is 0.0675. The van der Waals surface area contributed by atoms with E-state index in [2.05, 4.69) is 5.32 Å². The standard InChI is InChI=1S/C14H28N2O2/c1-18-11-13(9-10-15)16-14(17)12-7-5-3-2-4-6-8-12/h12-13H,2-11,15H2,1H3,(H,16,17). The molecule has 4 heteroatoms. The Bertz CT molecular complexity index is 220. The maximum atomic E-state index is 12.2. The summed E-state index contributed by atoms with van der Waals surface area (Å²) in [5.41, 5.74) is 5.55. The fourth-order valence-corrected chi connectivity index (χ4v) is 2.64. The molecule has 4 nitrogen and oxygen atoms in total. The van der Waals surface area contributed by atoms with E-state index < -0.39 is 0 Å². The van der Waals surface area contributed by atoms with Gasteiger partial charge >= 0.3 is 0 Å². The Balaban J connectivity index is 2.39. The summed E-state index contributed by atoms with van der Waals surface area (Å²) in [5, 5.41) is 3.09. The van der Waals surface area contributed by atoms with Crippen molar-refractivity contribution in [3.63, 3.8) is 0 Å². The van der Waals surface area contributed by atoms with Crippen LogP contribution in [-0.2, 0) is 9.53 Å². The topological polar surface area (TPSA) is 64.3 Å². The summed E-state index contributed by atoms with van der Waals surface area (Å²) in [7, 11) is 1.66. The molecule has 0 aliphatic heterocycles. The van der Waals surface area contributed by atoms with Gasteiger partial charge in [0.2, 0.25) is 5.91 Å². The smallest absolute Gasteiger partial charge is 0.223 e. The highest BCUT2D eigenvalue weighted by atomic mass is 16.5. The molecule has 106 valence electrons. The van der Waals surface area contributed by atoms with Crippen molar-refractivity contribution >= 4 is 5.91 Å². The first kappa shape index (κ1) is 15.4. The third-order valence-electron chi connectivity index (χ3n) is 3.71. The third-order valence-corrected chi connectivity index (χ3v) is 3.71. The quantitative estimate of drug-likeness (QED) is 0.762. The summed E-state index contributed by atoms with van der Waals surface area (Å²) in [6.45, 7) is 1.13. The van der Waals surface area contributed by atoms with Crippen molar-refractivity contribution in [2.75, 3.05) is 20.3 Å². The number of carbonyl (C=O) groups is 1. The molecule has 0 aromatic carbocycles. The Hall–Kier alpha value is -0.610. The Morgan fingerprint density at radius 2 is 1.89 bits per heavy atom. The molecule has 1 aliphatic carbocycles. The number of ether oxygens (including phenoxy) is 1. The average Bonchev–Trinajstić information content (AvgIpc) is 2.28. The van der Waals surface area contributed by atoms with Crippen molar-refractivity contribution in [2.24, 2.45) is 11.7 Å². The molecule has 1 rings (SSSR count). The van der Waals surface area contributed by atoms with E-state index in [-0.39, 0.29) is 17.9 Å². The van der Waals surface area contributed by atoms with Crippen LogP contribution in [0.2, 0.25) is 0 Å². The Morgan fingerprint density at radius 3 is 2.44 bits per heavy atom. The van der Waals surface area contributed by atoms with Crippen LogP contribution in [0.25, 0.3) is 0 Å². The van der Waals surface area contributed by atoms with Gasteiger partial charge in [-0.15, -0.1) is 0 Å². The summed E-state index contributed by atoms with van der Waals surface area (Å²) >= 11 is 0. The van der Waals surface area contributed by atoms with E-state index >= 15 is 0 Å². The fourth-order valence-electron chi connectivity index (χ4n) is 2.64. The number of methoxy groups -OCH3 is 1. The first-order valence-corrected chi connectivity index (χ1v) is 7.27. The molecule has 0 spiro atoms. The van der Waals surface area contributed by atoms with Gasteiger partial charge in [0, 0.05) is 13.0 Å². The van der Waals surface area contributed by atoms with Crippen molar-refractivity contribution < 1.29 is 9.53 Å². The van der Waals surface area contributed by atoms with Gasteiger partial charge in [-0.1, -0.05) is 32.1 Å². The zero-order chi connectivity index (χ0) is 13.2.